The van der Waals surface area contributed by atoms with E-state index in [1.807, 2.05) is 0 Å². The first-order chi connectivity index (χ1) is 3.92. The molecule has 0 saturated heterocycles. The number of hydrogen-bond donors (Lipinski definition) is 1. The van der Waals surface area contributed by atoms with Crippen LogP contribution in [0.1, 0.15) is 0 Å². The van der Waals surface area contributed by atoms with Crippen LogP contribution in [-0.2, 0) is 4.79 Å². The summed E-state index contributed by atoms with van der Waals surface area (Å²) in [5.74, 6) is -0.850. The first-order valence-corrected chi connectivity index (χ1v) is 6.42. The van der Waals surface area contributed by atoms with Crippen LogP contribution in [-0.4, -0.2) is 19.1 Å². The van der Waals surface area contributed by atoms with Gasteiger partial charge in [-0.1, -0.05) is 25.3 Å². The molecule has 0 heterocycles. The Morgan fingerprint density at radius 1 is 1.44 bits per heavy atom. The zero-order chi connectivity index (χ0) is 7.49. The van der Waals surface area contributed by atoms with Gasteiger partial charge in [-0.15, -0.1) is 0 Å². The van der Waals surface area contributed by atoms with Gasteiger partial charge in [0.05, 0.1) is 8.07 Å². The predicted molar refractivity (Wildman–Crippen MR) is 40.1 cm³/mol. The Morgan fingerprint density at radius 2 is 1.89 bits per heavy atom. The van der Waals surface area contributed by atoms with E-state index in [4.69, 9.17) is 5.11 Å². The lowest BCUT2D eigenvalue weighted by Crippen LogP contribution is -2.16. The van der Waals surface area contributed by atoms with Crippen molar-refractivity contribution in [3.63, 3.8) is 0 Å². The standard InChI is InChI=1S/C6H12O2Si/c1-9(2,3)5-4-6(7)8/h4-5H,1-3H3,(H,7,8). The Kier molecular flexibility index (Phi) is 2.64. The number of rotatable bonds is 2. The van der Waals surface area contributed by atoms with Gasteiger partial charge in [0.2, 0.25) is 0 Å². The van der Waals surface area contributed by atoms with Crippen LogP contribution in [0.15, 0.2) is 11.8 Å². The first kappa shape index (κ1) is 8.43. The predicted octanol–water partition coefficient (Wildman–Crippen LogP) is 1.50. The van der Waals surface area contributed by atoms with Gasteiger partial charge in [0, 0.05) is 6.08 Å². The summed E-state index contributed by atoms with van der Waals surface area (Å²) in [6.07, 6.45) is 1.23. The molecule has 9 heavy (non-hydrogen) atoms. The molecule has 2 nitrogen and oxygen atoms in total. The van der Waals surface area contributed by atoms with Gasteiger partial charge >= 0.3 is 5.97 Å². The molecule has 0 unspecified atom stereocenters. The monoisotopic (exact) mass is 144 g/mol. The number of carboxylic acids is 1. The van der Waals surface area contributed by atoms with Crippen LogP contribution in [0.25, 0.3) is 0 Å². The molecular formula is C6H12O2Si. The van der Waals surface area contributed by atoms with Crippen molar-refractivity contribution in [2.24, 2.45) is 0 Å². The van der Waals surface area contributed by atoms with Crippen molar-refractivity contribution >= 4 is 14.0 Å². The van der Waals surface area contributed by atoms with Gasteiger partial charge < -0.3 is 5.11 Å². The van der Waals surface area contributed by atoms with Crippen LogP contribution in [0.5, 0.6) is 0 Å². The molecule has 0 spiro atoms. The molecule has 0 aliphatic heterocycles. The molecule has 0 atom stereocenters. The maximum atomic E-state index is 9.98. The van der Waals surface area contributed by atoms with Gasteiger partial charge in [-0.25, -0.2) is 4.79 Å². The third-order valence-corrected chi connectivity index (χ3v) is 1.89. The van der Waals surface area contributed by atoms with Gasteiger partial charge in [0.25, 0.3) is 0 Å². The molecule has 0 fully saturated rings. The van der Waals surface area contributed by atoms with Crippen molar-refractivity contribution in [1.29, 1.82) is 0 Å². The average molecular weight is 144 g/mol. The molecule has 0 amide bonds. The number of carboxylic acid groups (broad SMARTS) is 1. The molecule has 0 bridgehead atoms. The van der Waals surface area contributed by atoms with Gasteiger partial charge in [-0.3, -0.25) is 0 Å². The van der Waals surface area contributed by atoms with E-state index in [9.17, 15) is 4.79 Å². The highest BCUT2D eigenvalue weighted by atomic mass is 28.3. The summed E-state index contributed by atoms with van der Waals surface area (Å²) >= 11 is 0. The second-order valence-corrected chi connectivity index (χ2v) is 8.10. The van der Waals surface area contributed by atoms with Crippen molar-refractivity contribution in [1.82, 2.24) is 0 Å². The van der Waals surface area contributed by atoms with Crippen molar-refractivity contribution in [3.8, 4) is 0 Å². The topological polar surface area (TPSA) is 37.3 Å². The Bertz CT molecular complexity index is 132. The molecule has 0 aromatic rings. The molecule has 0 aromatic carbocycles. The summed E-state index contributed by atoms with van der Waals surface area (Å²) in [6.45, 7) is 6.27. The van der Waals surface area contributed by atoms with E-state index in [0.29, 0.717) is 0 Å². The van der Waals surface area contributed by atoms with Crippen LogP contribution in [0.2, 0.25) is 19.6 Å². The fourth-order valence-corrected chi connectivity index (χ4v) is 0.964. The van der Waals surface area contributed by atoms with Gasteiger partial charge in [0.15, 0.2) is 0 Å². The van der Waals surface area contributed by atoms with Crippen LogP contribution >= 0.6 is 0 Å². The quantitative estimate of drug-likeness (QED) is 0.471. The van der Waals surface area contributed by atoms with Crippen LogP contribution in [0.3, 0.4) is 0 Å². The average Bonchev–Trinajstić information content (AvgIpc) is 1.59. The molecule has 52 valence electrons. The van der Waals surface area contributed by atoms with Crippen LogP contribution < -0.4 is 0 Å². The summed E-state index contributed by atoms with van der Waals surface area (Å²) in [7, 11) is -1.28. The fraction of sp³-hybridized carbons (Fsp3) is 0.500. The zero-order valence-electron chi connectivity index (χ0n) is 6.01. The van der Waals surface area contributed by atoms with Crippen molar-refractivity contribution < 1.29 is 9.90 Å². The summed E-state index contributed by atoms with van der Waals surface area (Å²) < 4.78 is 0. The van der Waals surface area contributed by atoms with E-state index < -0.39 is 14.0 Å². The summed E-state index contributed by atoms with van der Waals surface area (Å²) in [4.78, 5) is 9.98. The molecule has 0 rings (SSSR count). The van der Waals surface area contributed by atoms with Crippen LogP contribution in [0.4, 0.5) is 0 Å². The smallest absolute Gasteiger partial charge is 0.327 e. The normalized spacial score (nSPS) is 12.3. The number of hydrogen-bond acceptors (Lipinski definition) is 1. The van der Waals surface area contributed by atoms with E-state index >= 15 is 0 Å². The lowest BCUT2D eigenvalue weighted by atomic mass is 10.7. The highest BCUT2D eigenvalue weighted by molar-refractivity contribution is 6.81. The largest absolute Gasteiger partial charge is 0.478 e. The molecule has 3 heteroatoms. The first-order valence-electron chi connectivity index (χ1n) is 2.84. The highest BCUT2D eigenvalue weighted by Crippen LogP contribution is 2.00. The second-order valence-electron chi connectivity index (χ2n) is 3.04. The lowest BCUT2D eigenvalue weighted by Gasteiger charge is -2.06. The molecular weight excluding hydrogens is 132 g/mol. The van der Waals surface area contributed by atoms with E-state index in [0.717, 1.165) is 0 Å². The minimum atomic E-state index is -1.28. The Labute approximate surface area is 56.2 Å². The zero-order valence-corrected chi connectivity index (χ0v) is 7.01. The van der Waals surface area contributed by atoms with Gasteiger partial charge in [0.1, 0.15) is 0 Å². The molecule has 0 aliphatic rings. The number of aliphatic carboxylic acids is 1. The maximum absolute atomic E-state index is 9.98. The molecule has 0 aliphatic carbocycles. The number of carbonyl (C=O) groups is 1. The molecule has 0 saturated carbocycles. The van der Waals surface area contributed by atoms with E-state index in [1.54, 1.807) is 5.70 Å². The summed E-state index contributed by atoms with van der Waals surface area (Å²) in [5.41, 5.74) is 1.80. The van der Waals surface area contributed by atoms with E-state index in [1.165, 1.54) is 6.08 Å². The van der Waals surface area contributed by atoms with Gasteiger partial charge in [-0.05, 0) is 0 Å². The molecule has 0 radical (unpaired) electrons. The maximum Gasteiger partial charge on any atom is 0.327 e. The van der Waals surface area contributed by atoms with Gasteiger partial charge in [-0.2, -0.15) is 0 Å². The SMILES string of the molecule is C[Si](C)(C)C=CC(=O)O. The summed E-state index contributed by atoms with van der Waals surface area (Å²) in [6, 6.07) is 0. The van der Waals surface area contributed by atoms with E-state index in [2.05, 4.69) is 19.6 Å². The van der Waals surface area contributed by atoms with Crippen LogP contribution in [0, 0.1) is 0 Å². The Morgan fingerprint density at radius 3 is 2.00 bits per heavy atom. The van der Waals surface area contributed by atoms with Crippen molar-refractivity contribution in [2.45, 2.75) is 19.6 Å². The molecule has 0 aromatic heterocycles. The second kappa shape index (κ2) is 2.82. The minimum absolute atomic E-state index is 0.850. The Hall–Kier alpha value is -0.573. The minimum Gasteiger partial charge on any atom is -0.478 e. The molecule has 1 N–H and O–H groups in total. The third kappa shape index (κ3) is 7.43. The van der Waals surface area contributed by atoms with E-state index in [-0.39, 0.29) is 0 Å². The lowest BCUT2D eigenvalue weighted by molar-refractivity contribution is -0.131. The fourth-order valence-electron chi connectivity index (χ4n) is 0.321. The van der Waals surface area contributed by atoms with Crippen molar-refractivity contribution in [3.05, 3.63) is 11.8 Å². The summed E-state index contributed by atoms with van der Waals surface area (Å²) in [5, 5.41) is 8.21. The third-order valence-electron chi connectivity index (χ3n) is 0.726. The Balaban J connectivity index is 3.86. The van der Waals surface area contributed by atoms with Crippen molar-refractivity contribution in [2.75, 3.05) is 0 Å². The highest BCUT2D eigenvalue weighted by Gasteiger charge is 2.07.